The molecule has 0 saturated carbocycles. The zero-order valence-corrected chi connectivity index (χ0v) is 11.9. The molecule has 108 valence electrons. The van der Waals surface area contributed by atoms with Gasteiger partial charge < -0.3 is 5.32 Å². The smallest absolute Gasteiger partial charge is 0.251 e. The van der Waals surface area contributed by atoms with Crippen LogP contribution in [0.3, 0.4) is 0 Å². The highest BCUT2D eigenvalue weighted by molar-refractivity contribution is 5.94. The maximum atomic E-state index is 12.1. The molecule has 4 nitrogen and oxygen atoms in total. The van der Waals surface area contributed by atoms with Gasteiger partial charge in [0.1, 0.15) is 0 Å². The molecule has 4 heteroatoms. The fourth-order valence-corrected chi connectivity index (χ4v) is 2.71. The SMILES string of the molecule is O=C(NC1CCN(Cc2ccccc2)C1)c1ccncc1. The van der Waals surface area contributed by atoms with Crippen molar-refractivity contribution in [1.29, 1.82) is 0 Å². The van der Waals surface area contributed by atoms with Crippen LogP contribution in [0.2, 0.25) is 0 Å². The first-order chi connectivity index (χ1) is 10.3. The van der Waals surface area contributed by atoms with Gasteiger partial charge >= 0.3 is 0 Å². The van der Waals surface area contributed by atoms with E-state index in [1.165, 1.54) is 5.56 Å². The van der Waals surface area contributed by atoms with Crippen LogP contribution in [-0.4, -0.2) is 34.9 Å². The summed E-state index contributed by atoms with van der Waals surface area (Å²) in [7, 11) is 0. The van der Waals surface area contributed by atoms with E-state index in [2.05, 4.69) is 39.5 Å². The van der Waals surface area contributed by atoms with Crippen molar-refractivity contribution in [1.82, 2.24) is 15.2 Å². The van der Waals surface area contributed by atoms with Gasteiger partial charge in [0, 0.05) is 43.6 Å². The van der Waals surface area contributed by atoms with Crippen molar-refractivity contribution in [2.45, 2.75) is 19.0 Å². The number of nitrogens with one attached hydrogen (secondary N) is 1. The third kappa shape index (κ3) is 3.67. The zero-order valence-electron chi connectivity index (χ0n) is 11.9. The van der Waals surface area contributed by atoms with Crippen LogP contribution in [0.5, 0.6) is 0 Å². The van der Waals surface area contributed by atoms with E-state index < -0.39 is 0 Å². The number of amides is 1. The molecule has 2 heterocycles. The molecule has 21 heavy (non-hydrogen) atoms. The number of aromatic nitrogens is 1. The fourth-order valence-electron chi connectivity index (χ4n) is 2.71. The average molecular weight is 281 g/mol. The molecule has 1 aliphatic heterocycles. The molecule has 0 radical (unpaired) electrons. The minimum absolute atomic E-state index is 0.0102. The summed E-state index contributed by atoms with van der Waals surface area (Å²) in [6.45, 7) is 2.88. The van der Waals surface area contributed by atoms with Gasteiger partial charge in [0.15, 0.2) is 0 Å². The summed E-state index contributed by atoms with van der Waals surface area (Å²) in [4.78, 5) is 18.4. The Morgan fingerprint density at radius 2 is 1.95 bits per heavy atom. The van der Waals surface area contributed by atoms with Crippen molar-refractivity contribution < 1.29 is 4.79 Å². The predicted octanol–water partition coefficient (Wildman–Crippen LogP) is 2.09. The number of rotatable bonds is 4. The number of carbonyl (C=O) groups is 1. The Labute approximate surface area is 124 Å². The molecule has 1 fully saturated rings. The third-order valence-corrected chi connectivity index (χ3v) is 3.80. The highest BCUT2D eigenvalue weighted by Crippen LogP contribution is 2.14. The summed E-state index contributed by atoms with van der Waals surface area (Å²) < 4.78 is 0. The highest BCUT2D eigenvalue weighted by atomic mass is 16.1. The Hall–Kier alpha value is -2.20. The largest absolute Gasteiger partial charge is 0.348 e. The number of carbonyl (C=O) groups excluding carboxylic acids is 1. The van der Waals surface area contributed by atoms with E-state index in [0.717, 1.165) is 26.1 Å². The first-order valence-electron chi connectivity index (χ1n) is 7.28. The van der Waals surface area contributed by atoms with E-state index in [9.17, 15) is 4.79 Å². The standard InChI is InChI=1S/C17H19N3O/c21-17(15-6-9-18-10-7-15)19-16-8-11-20(13-16)12-14-4-2-1-3-5-14/h1-7,9-10,16H,8,11-13H2,(H,19,21). The summed E-state index contributed by atoms with van der Waals surface area (Å²) in [5, 5.41) is 3.10. The molecule has 1 amide bonds. The molecule has 1 N–H and O–H groups in total. The van der Waals surface area contributed by atoms with Crippen molar-refractivity contribution in [3.05, 3.63) is 66.0 Å². The van der Waals surface area contributed by atoms with Crippen molar-refractivity contribution in [3.63, 3.8) is 0 Å². The Balaban J connectivity index is 1.52. The molecule has 1 aliphatic rings. The summed E-state index contributed by atoms with van der Waals surface area (Å²) in [5.41, 5.74) is 1.99. The third-order valence-electron chi connectivity index (χ3n) is 3.80. The normalized spacial score (nSPS) is 18.6. The summed E-state index contributed by atoms with van der Waals surface area (Å²) in [6, 6.07) is 14.2. The number of likely N-dealkylation sites (tertiary alicyclic amines) is 1. The van der Waals surface area contributed by atoms with E-state index >= 15 is 0 Å². The minimum Gasteiger partial charge on any atom is -0.348 e. The average Bonchev–Trinajstić information content (AvgIpc) is 2.96. The molecule has 1 saturated heterocycles. The first-order valence-corrected chi connectivity index (χ1v) is 7.28. The Bertz CT molecular complexity index is 585. The fraction of sp³-hybridized carbons (Fsp3) is 0.294. The lowest BCUT2D eigenvalue weighted by Crippen LogP contribution is -2.36. The van der Waals surface area contributed by atoms with E-state index in [4.69, 9.17) is 0 Å². The predicted molar refractivity (Wildman–Crippen MR) is 81.8 cm³/mol. The molecular weight excluding hydrogens is 262 g/mol. The Kier molecular flexibility index (Phi) is 4.26. The molecule has 3 rings (SSSR count). The van der Waals surface area contributed by atoms with Gasteiger partial charge in [-0.3, -0.25) is 14.7 Å². The number of benzene rings is 1. The van der Waals surface area contributed by atoms with Crippen molar-refractivity contribution in [2.75, 3.05) is 13.1 Å². The maximum absolute atomic E-state index is 12.1. The second-order valence-electron chi connectivity index (χ2n) is 5.42. The van der Waals surface area contributed by atoms with Crippen molar-refractivity contribution >= 4 is 5.91 Å². The van der Waals surface area contributed by atoms with Crippen LogP contribution in [0.1, 0.15) is 22.3 Å². The molecule has 0 bridgehead atoms. The van der Waals surface area contributed by atoms with E-state index in [-0.39, 0.29) is 11.9 Å². The number of hydrogen-bond donors (Lipinski definition) is 1. The lowest BCUT2D eigenvalue weighted by molar-refractivity contribution is 0.0937. The summed E-state index contributed by atoms with van der Waals surface area (Å²) >= 11 is 0. The Morgan fingerprint density at radius 1 is 1.19 bits per heavy atom. The maximum Gasteiger partial charge on any atom is 0.251 e. The molecule has 0 spiro atoms. The molecular formula is C17H19N3O. The number of pyridine rings is 1. The lowest BCUT2D eigenvalue weighted by atomic mass is 10.2. The van der Waals surface area contributed by atoms with Crippen molar-refractivity contribution in [3.8, 4) is 0 Å². The van der Waals surface area contributed by atoms with Gasteiger partial charge in [0.05, 0.1) is 0 Å². The van der Waals surface area contributed by atoms with Gasteiger partial charge in [0.25, 0.3) is 5.91 Å². The molecule has 0 aliphatic carbocycles. The topological polar surface area (TPSA) is 45.2 Å². The monoisotopic (exact) mass is 281 g/mol. The first kappa shape index (κ1) is 13.8. The minimum atomic E-state index is -0.0102. The zero-order chi connectivity index (χ0) is 14.5. The van der Waals surface area contributed by atoms with Gasteiger partial charge in [-0.05, 0) is 24.1 Å². The second-order valence-corrected chi connectivity index (χ2v) is 5.42. The molecule has 1 aromatic heterocycles. The van der Waals surface area contributed by atoms with Gasteiger partial charge in [-0.2, -0.15) is 0 Å². The summed E-state index contributed by atoms with van der Waals surface area (Å²) in [6.07, 6.45) is 4.29. The van der Waals surface area contributed by atoms with Crippen LogP contribution in [0.25, 0.3) is 0 Å². The summed E-state index contributed by atoms with van der Waals surface area (Å²) in [5.74, 6) is -0.0102. The van der Waals surface area contributed by atoms with Gasteiger partial charge in [-0.15, -0.1) is 0 Å². The Morgan fingerprint density at radius 3 is 2.71 bits per heavy atom. The van der Waals surface area contributed by atoms with Crippen LogP contribution in [0.15, 0.2) is 54.9 Å². The van der Waals surface area contributed by atoms with E-state index in [1.54, 1.807) is 24.5 Å². The van der Waals surface area contributed by atoms with Crippen molar-refractivity contribution in [2.24, 2.45) is 0 Å². The molecule has 1 atom stereocenters. The van der Waals surface area contributed by atoms with Gasteiger partial charge in [0.2, 0.25) is 0 Å². The van der Waals surface area contributed by atoms with Crippen LogP contribution >= 0.6 is 0 Å². The van der Waals surface area contributed by atoms with E-state index in [0.29, 0.717) is 5.56 Å². The van der Waals surface area contributed by atoms with Crippen LogP contribution in [0.4, 0.5) is 0 Å². The number of nitrogens with zero attached hydrogens (tertiary/aromatic N) is 2. The molecule has 1 unspecified atom stereocenters. The van der Waals surface area contributed by atoms with Gasteiger partial charge in [-0.1, -0.05) is 30.3 Å². The highest BCUT2D eigenvalue weighted by Gasteiger charge is 2.24. The molecule has 1 aromatic carbocycles. The second kappa shape index (κ2) is 6.50. The number of hydrogen-bond acceptors (Lipinski definition) is 3. The van der Waals surface area contributed by atoms with Crippen LogP contribution < -0.4 is 5.32 Å². The quantitative estimate of drug-likeness (QED) is 0.933. The lowest BCUT2D eigenvalue weighted by Gasteiger charge is -2.16. The molecule has 2 aromatic rings. The van der Waals surface area contributed by atoms with E-state index in [1.807, 2.05) is 6.07 Å². The van der Waals surface area contributed by atoms with Gasteiger partial charge in [-0.25, -0.2) is 0 Å². The van der Waals surface area contributed by atoms with Crippen LogP contribution in [0, 0.1) is 0 Å². The van der Waals surface area contributed by atoms with Crippen LogP contribution in [-0.2, 0) is 6.54 Å².